The van der Waals surface area contributed by atoms with Gasteiger partial charge in [0.05, 0.1) is 6.07 Å². The summed E-state index contributed by atoms with van der Waals surface area (Å²) in [4.78, 5) is 10.6. The van der Waals surface area contributed by atoms with Crippen LogP contribution < -0.4 is 0 Å². The summed E-state index contributed by atoms with van der Waals surface area (Å²) in [5.74, 6) is -0.539. The summed E-state index contributed by atoms with van der Waals surface area (Å²) in [7, 11) is -0.639. The molecule has 0 aliphatic heterocycles. The average molecular weight is 203 g/mol. The molecule has 0 rings (SSSR count). The molecule has 0 fully saturated rings. The van der Waals surface area contributed by atoms with E-state index in [9.17, 15) is 9.36 Å². The fourth-order valence-corrected chi connectivity index (χ4v) is 0.933. The number of nitriles is 1. The van der Waals surface area contributed by atoms with Crippen LogP contribution in [0.25, 0.3) is 0 Å². The molecule has 0 amide bonds. The van der Waals surface area contributed by atoms with Crippen molar-refractivity contribution in [2.45, 2.75) is 31.8 Å². The first kappa shape index (κ1) is 12.0. The average Bonchev–Trinajstić information content (AvgIpc) is 2.12. The number of carbonyl (C=O) groups excluding carboxylic acids is 1. The van der Waals surface area contributed by atoms with Gasteiger partial charge in [-0.15, -0.1) is 0 Å². The summed E-state index contributed by atoms with van der Waals surface area (Å²) in [6.07, 6.45) is 0.632. The summed E-state index contributed by atoms with van der Waals surface area (Å²) in [5, 5.41) is 17.0. The lowest BCUT2D eigenvalue weighted by atomic mass is 10.1. The highest BCUT2D eigenvalue weighted by atomic mass is 31.1. The number of hydrogen-bond acceptors (Lipinski definition) is 5. The van der Waals surface area contributed by atoms with E-state index in [4.69, 9.17) is 10.4 Å². The molecule has 0 aromatic heterocycles. The Labute approximate surface area is 77.6 Å². The molecular weight excluding hydrogens is 193 g/mol. The molecule has 72 valence electrons. The SMILES string of the molecule is N#CC(O)CCCCC(=O)OP=O. The van der Waals surface area contributed by atoms with Crippen molar-refractivity contribution in [3.05, 3.63) is 0 Å². The van der Waals surface area contributed by atoms with E-state index in [1.54, 1.807) is 6.07 Å². The van der Waals surface area contributed by atoms with E-state index in [1.165, 1.54) is 0 Å². The number of carbonyl (C=O) groups is 1. The predicted octanol–water partition coefficient (Wildman–Crippen LogP) is 1.18. The minimum Gasteiger partial charge on any atom is -0.378 e. The number of unbranched alkanes of at least 4 members (excludes halogenated alkanes) is 1. The Kier molecular flexibility index (Phi) is 7.08. The van der Waals surface area contributed by atoms with Crippen molar-refractivity contribution in [1.29, 1.82) is 5.26 Å². The molecule has 0 saturated heterocycles. The maximum Gasteiger partial charge on any atom is 0.398 e. The highest BCUT2D eigenvalue weighted by molar-refractivity contribution is 7.18. The summed E-state index contributed by atoms with van der Waals surface area (Å²) in [6.45, 7) is 0. The van der Waals surface area contributed by atoms with E-state index < -0.39 is 20.8 Å². The van der Waals surface area contributed by atoms with E-state index >= 15 is 0 Å². The zero-order valence-electron chi connectivity index (χ0n) is 6.97. The molecule has 6 heteroatoms. The molecule has 0 aromatic rings. The lowest BCUT2D eigenvalue weighted by Crippen LogP contribution is -2.03. The van der Waals surface area contributed by atoms with Crippen LogP contribution in [0.15, 0.2) is 0 Å². The van der Waals surface area contributed by atoms with Crippen molar-refractivity contribution in [2.24, 2.45) is 0 Å². The molecule has 0 radical (unpaired) electrons. The Balaban J connectivity index is 3.31. The van der Waals surface area contributed by atoms with Gasteiger partial charge in [-0.1, -0.05) is 0 Å². The largest absolute Gasteiger partial charge is 0.398 e. The van der Waals surface area contributed by atoms with Crippen LogP contribution in [0.2, 0.25) is 0 Å². The molecular formula is C7H10NO4P. The molecule has 0 aliphatic carbocycles. The molecule has 1 atom stereocenters. The third kappa shape index (κ3) is 7.38. The van der Waals surface area contributed by atoms with Crippen molar-refractivity contribution in [3.63, 3.8) is 0 Å². The van der Waals surface area contributed by atoms with Gasteiger partial charge in [0.25, 0.3) is 0 Å². The molecule has 0 saturated carbocycles. The molecule has 1 unspecified atom stereocenters. The van der Waals surface area contributed by atoms with Gasteiger partial charge in [0.15, 0.2) is 0 Å². The first-order chi connectivity index (χ1) is 6.20. The normalized spacial score (nSPS) is 12.0. The van der Waals surface area contributed by atoms with Gasteiger partial charge in [-0.3, -0.25) is 4.79 Å². The second-order valence-corrected chi connectivity index (χ2v) is 2.76. The third-order valence-corrected chi connectivity index (χ3v) is 1.67. The van der Waals surface area contributed by atoms with Crippen LogP contribution in [-0.4, -0.2) is 17.2 Å². The summed E-state index contributed by atoms with van der Waals surface area (Å²) in [6, 6.07) is 1.67. The van der Waals surface area contributed by atoms with Gasteiger partial charge < -0.3 is 9.63 Å². The van der Waals surface area contributed by atoms with Crippen LogP contribution in [0.3, 0.4) is 0 Å². The lowest BCUT2D eigenvalue weighted by Gasteiger charge is -1.99. The quantitative estimate of drug-likeness (QED) is 0.398. The molecule has 0 aromatic carbocycles. The molecule has 1 N–H and O–H groups in total. The first-order valence-electron chi connectivity index (χ1n) is 3.81. The van der Waals surface area contributed by atoms with Crippen LogP contribution in [-0.2, 0) is 13.9 Å². The highest BCUT2D eigenvalue weighted by Gasteiger charge is 2.04. The van der Waals surface area contributed by atoms with E-state index in [0.29, 0.717) is 19.3 Å². The molecule has 0 bridgehead atoms. The summed E-state index contributed by atoms with van der Waals surface area (Å²) >= 11 is 0. The second kappa shape index (κ2) is 7.66. The number of rotatable bonds is 6. The molecule has 0 aliphatic rings. The van der Waals surface area contributed by atoms with Crippen LogP contribution in [0.5, 0.6) is 0 Å². The number of nitrogens with zero attached hydrogens (tertiary/aromatic N) is 1. The molecule has 13 heavy (non-hydrogen) atoms. The predicted molar refractivity (Wildman–Crippen MR) is 43.8 cm³/mol. The van der Waals surface area contributed by atoms with E-state index in [-0.39, 0.29) is 6.42 Å². The van der Waals surface area contributed by atoms with Crippen molar-refractivity contribution in [1.82, 2.24) is 0 Å². The molecule has 5 nitrogen and oxygen atoms in total. The van der Waals surface area contributed by atoms with Crippen LogP contribution in [0, 0.1) is 11.3 Å². The van der Waals surface area contributed by atoms with E-state index in [1.807, 2.05) is 0 Å². The minimum absolute atomic E-state index is 0.160. The number of aliphatic hydroxyl groups is 1. The number of hydrogen-bond donors (Lipinski definition) is 1. The molecule has 0 spiro atoms. The van der Waals surface area contributed by atoms with E-state index in [0.717, 1.165) is 0 Å². The van der Waals surface area contributed by atoms with Crippen molar-refractivity contribution in [2.75, 3.05) is 0 Å². The van der Waals surface area contributed by atoms with Gasteiger partial charge in [-0.2, -0.15) is 5.26 Å². The van der Waals surface area contributed by atoms with Gasteiger partial charge in [0.1, 0.15) is 6.10 Å². The van der Waals surface area contributed by atoms with Gasteiger partial charge in [-0.25, -0.2) is 4.57 Å². The maximum absolute atomic E-state index is 10.6. The molecule has 0 heterocycles. The smallest absolute Gasteiger partial charge is 0.378 e. The number of aliphatic hydroxyl groups excluding tert-OH is 1. The van der Waals surface area contributed by atoms with Gasteiger partial charge in [0, 0.05) is 6.42 Å². The minimum atomic E-state index is -0.964. The Bertz CT molecular complexity index is 213. The fourth-order valence-electron chi connectivity index (χ4n) is 0.759. The van der Waals surface area contributed by atoms with Gasteiger partial charge in [-0.05, 0) is 19.3 Å². The van der Waals surface area contributed by atoms with Gasteiger partial charge in [0.2, 0.25) is 0 Å². The van der Waals surface area contributed by atoms with Crippen LogP contribution in [0.1, 0.15) is 25.7 Å². The Hall–Kier alpha value is -0.980. The highest BCUT2D eigenvalue weighted by Crippen LogP contribution is 2.06. The van der Waals surface area contributed by atoms with Crippen molar-refractivity contribution < 1.29 is 19.0 Å². The first-order valence-corrected chi connectivity index (χ1v) is 4.54. The van der Waals surface area contributed by atoms with Crippen molar-refractivity contribution >= 4 is 14.7 Å². The third-order valence-electron chi connectivity index (χ3n) is 1.40. The summed E-state index contributed by atoms with van der Waals surface area (Å²) in [5.41, 5.74) is 0. The maximum atomic E-state index is 10.6. The van der Waals surface area contributed by atoms with Crippen LogP contribution in [0.4, 0.5) is 0 Å². The monoisotopic (exact) mass is 203 g/mol. The second-order valence-electron chi connectivity index (χ2n) is 2.43. The Morgan fingerprint density at radius 2 is 2.31 bits per heavy atom. The van der Waals surface area contributed by atoms with Crippen molar-refractivity contribution in [3.8, 4) is 6.07 Å². The Morgan fingerprint density at radius 3 is 2.85 bits per heavy atom. The lowest BCUT2D eigenvalue weighted by molar-refractivity contribution is -0.133. The Morgan fingerprint density at radius 1 is 1.62 bits per heavy atom. The van der Waals surface area contributed by atoms with Gasteiger partial charge >= 0.3 is 14.7 Å². The van der Waals surface area contributed by atoms with Crippen LogP contribution >= 0.6 is 8.69 Å². The van der Waals surface area contributed by atoms with E-state index in [2.05, 4.69) is 4.52 Å². The summed E-state index contributed by atoms with van der Waals surface area (Å²) < 4.78 is 13.9. The standard InChI is InChI=1S/C7H10NO4P/c8-5-6(9)3-1-2-4-7(10)12-13-11/h6,9H,1-4H2. The zero-order chi connectivity index (χ0) is 10.1. The fraction of sp³-hybridized carbons (Fsp3) is 0.714. The topological polar surface area (TPSA) is 87.4 Å². The zero-order valence-corrected chi connectivity index (χ0v) is 7.87.